The highest BCUT2D eigenvalue weighted by atomic mass is 35.5. The summed E-state index contributed by atoms with van der Waals surface area (Å²) in [4.78, 5) is 11.4. The van der Waals surface area contributed by atoms with Gasteiger partial charge in [-0.3, -0.25) is 0 Å². The van der Waals surface area contributed by atoms with E-state index in [4.69, 9.17) is 21.3 Å². The molecule has 1 aliphatic rings. The number of halogens is 2. The number of aromatic nitrogens is 6. The highest BCUT2D eigenvalue weighted by Gasteiger charge is 2.21. The summed E-state index contributed by atoms with van der Waals surface area (Å²) in [6.45, 7) is 2.58. The molecule has 0 N–H and O–H groups in total. The topological polar surface area (TPSA) is 81.8 Å². The van der Waals surface area contributed by atoms with Crippen LogP contribution in [0.2, 0.25) is 5.02 Å². The molecule has 0 saturated carbocycles. The highest BCUT2D eigenvalue weighted by molar-refractivity contribution is 6.30. The molecule has 2 aromatic heterocycles. The molecule has 156 valence electrons. The summed E-state index contributed by atoms with van der Waals surface area (Å²) in [7, 11) is 0. The zero-order valence-electron chi connectivity index (χ0n) is 16.3. The van der Waals surface area contributed by atoms with E-state index in [1.54, 1.807) is 35.1 Å². The lowest BCUT2D eigenvalue weighted by Gasteiger charge is -2.27. The normalized spacial score (nSPS) is 14.1. The number of anilines is 1. The van der Waals surface area contributed by atoms with Gasteiger partial charge < -0.3 is 9.64 Å². The lowest BCUT2D eigenvalue weighted by molar-refractivity contribution is 0.122. The Kier molecular flexibility index (Phi) is 5.27. The van der Waals surface area contributed by atoms with E-state index in [0.29, 0.717) is 59.9 Å². The second-order valence-corrected chi connectivity index (χ2v) is 7.37. The first-order valence-corrected chi connectivity index (χ1v) is 10.1. The number of morpholine rings is 1. The Morgan fingerprint density at radius 3 is 2.61 bits per heavy atom. The van der Waals surface area contributed by atoms with E-state index in [1.807, 2.05) is 17.0 Å². The lowest BCUT2D eigenvalue weighted by atomic mass is 10.1. The second kappa shape index (κ2) is 8.37. The SMILES string of the molecule is Fc1cccc(-c2nc(N3CCOCC3)ncc2-c2nnnn2-c2ccc(Cl)cc2)c1. The largest absolute Gasteiger partial charge is 0.378 e. The van der Waals surface area contributed by atoms with Crippen molar-refractivity contribution in [2.24, 2.45) is 0 Å². The fraction of sp³-hybridized carbons (Fsp3) is 0.190. The standard InChI is InChI=1S/C21H17ClFN7O/c22-15-4-6-17(7-5-15)30-20(26-27-28-30)18-13-24-21(29-8-10-31-11-9-29)25-19(18)14-2-1-3-16(23)12-14/h1-7,12-13H,8-11H2. The van der Waals surface area contributed by atoms with Gasteiger partial charge in [0.1, 0.15) is 5.82 Å². The van der Waals surface area contributed by atoms with Crippen LogP contribution >= 0.6 is 11.6 Å². The predicted octanol–water partition coefficient (Wildman–Crippen LogP) is 3.42. The smallest absolute Gasteiger partial charge is 0.226 e. The lowest BCUT2D eigenvalue weighted by Crippen LogP contribution is -2.37. The van der Waals surface area contributed by atoms with E-state index in [9.17, 15) is 4.39 Å². The fourth-order valence-corrected chi connectivity index (χ4v) is 3.54. The molecule has 0 amide bonds. The number of ether oxygens (including phenoxy) is 1. The summed E-state index contributed by atoms with van der Waals surface area (Å²) in [6, 6.07) is 13.4. The number of nitrogens with zero attached hydrogens (tertiary/aromatic N) is 7. The summed E-state index contributed by atoms with van der Waals surface area (Å²) in [5, 5.41) is 12.8. The van der Waals surface area contributed by atoms with Crippen molar-refractivity contribution in [1.29, 1.82) is 0 Å². The summed E-state index contributed by atoms with van der Waals surface area (Å²) in [5.74, 6) is 0.638. The average molecular weight is 438 g/mol. The maximum atomic E-state index is 14.0. The van der Waals surface area contributed by atoms with Crippen molar-refractivity contribution in [2.75, 3.05) is 31.2 Å². The quantitative estimate of drug-likeness (QED) is 0.483. The number of tetrazole rings is 1. The van der Waals surface area contributed by atoms with Crippen LogP contribution in [0.15, 0.2) is 54.7 Å². The summed E-state index contributed by atoms with van der Waals surface area (Å²) in [6.07, 6.45) is 1.68. The Hall–Kier alpha value is -3.43. The third kappa shape index (κ3) is 3.97. The van der Waals surface area contributed by atoms with Crippen molar-refractivity contribution in [2.45, 2.75) is 0 Å². The number of hydrogen-bond donors (Lipinski definition) is 0. The van der Waals surface area contributed by atoms with Crippen LogP contribution in [0, 0.1) is 5.82 Å². The molecule has 0 atom stereocenters. The molecule has 1 fully saturated rings. The third-order valence-corrected chi connectivity index (χ3v) is 5.20. The Balaban J connectivity index is 1.65. The summed E-state index contributed by atoms with van der Waals surface area (Å²) < 4.78 is 21.0. The Morgan fingerprint density at radius 1 is 1.03 bits per heavy atom. The van der Waals surface area contributed by atoms with E-state index in [2.05, 4.69) is 20.5 Å². The molecule has 0 spiro atoms. The zero-order chi connectivity index (χ0) is 21.2. The first kappa shape index (κ1) is 19.5. The maximum absolute atomic E-state index is 14.0. The molecule has 8 nitrogen and oxygen atoms in total. The van der Waals surface area contributed by atoms with Crippen molar-refractivity contribution < 1.29 is 9.13 Å². The highest BCUT2D eigenvalue weighted by Crippen LogP contribution is 2.31. The number of hydrogen-bond acceptors (Lipinski definition) is 7. The molecule has 0 bridgehead atoms. The molecule has 2 aromatic carbocycles. The molecule has 31 heavy (non-hydrogen) atoms. The van der Waals surface area contributed by atoms with Gasteiger partial charge in [-0.2, -0.15) is 4.68 Å². The minimum atomic E-state index is -0.354. The number of rotatable bonds is 4. The van der Waals surface area contributed by atoms with Gasteiger partial charge in [0.2, 0.25) is 5.95 Å². The Morgan fingerprint density at radius 2 is 1.84 bits per heavy atom. The van der Waals surface area contributed by atoms with Gasteiger partial charge in [-0.15, -0.1) is 5.10 Å². The van der Waals surface area contributed by atoms with Crippen LogP contribution < -0.4 is 4.90 Å². The first-order chi connectivity index (χ1) is 15.2. The van der Waals surface area contributed by atoms with Gasteiger partial charge in [0, 0.05) is 29.9 Å². The minimum Gasteiger partial charge on any atom is -0.378 e. The van der Waals surface area contributed by atoms with Gasteiger partial charge >= 0.3 is 0 Å². The van der Waals surface area contributed by atoms with Crippen molar-refractivity contribution in [3.8, 4) is 28.3 Å². The molecular weight excluding hydrogens is 421 g/mol. The van der Waals surface area contributed by atoms with Gasteiger partial charge in [-0.05, 0) is 46.8 Å². The van der Waals surface area contributed by atoms with Crippen LogP contribution in [0.25, 0.3) is 28.3 Å². The van der Waals surface area contributed by atoms with E-state index >= 15 is 0 Å². The third-order valence-electron chi connectivity index (χ3n) is 4.95. The number of benzene rings is 2. The van der Waals surface area contributed by atoms with Crippen LogP contribution in [0.3, 0.4) is 0 Å². The monoisotopic (exact) mass is 437 g/mol. The summed E-state index contributed by atoms with van der Waals surface area (Å²) in [5.41, 5.74) is 2.47. The molecular formula is C21H17ClFN7O. The van der Waals surface area contributed by atoms with Crippen molar-refractivity contribution in [3.05, 3.63) is 65.6 Å². The van der Waals surface area contributed by atoms with Gasteiger partial charge in [-0.1, -0.05) is 23.7 Å². The van der Waals surface area contributed by atoms with Gasteiger partial charge in [0.25, 0.3) is 0 Å². The van der Waals surface area contributed by atoms with Crippen LogP contribution in [0.5, 0.6) is 0 Å². The molecule has 0 radical (unpaired) electrons. The van der Waals surface area contributed by atoms with E-state index in [0.717, 1.165) is 5.69 Å². The van der Waals surface area contributed by atoms with Crippen molar-refractivity contribution in [3.63, 3.8) is 0 Å². The van der Waals surface area contributed by atoms with E-state index < -0.39 is 0 Å². The maximum Gasteiger partial charge on any atom is 0.226 e. The molecule has 0 unspecified atom stereocenters. The molecule has 0 aliphatic carbocycles. The van der Waals surface area contributed by atoms with E-state index in [-0.39, 0.29) is 5.82 Å². The molecule has 4 aromatic rings. The molecule has 1 aliphatic heterocycles. The van der Waals surface area contributed by atoms with Crippen molar-refractivity contribution >= 4 is 17.5 Å². The van der Waals surface area contributed by atoms with Crippen LogP contribution in [0.4, 0.5) is 10.3 Å². The van der Waals surface area contributed by atoms with Crippen LogP contribution in [-0.4, -0.2) is 56.5 Å². The zero-order valence-corrected chi connectivity index (χ0v) is 17.1. The van der Waals surface area contributed by atoms with Gasteiger partial charge in [0.15, 0.2) is 5.82 Å². The Bertz CT molecular complexity index is 1210. The van der Waals surface area contributed by atoms with Crippen molar-refractivity contribution in [1.82, 2.24) is 30.2 Å². The first-order valence-electron chi connectivity index (χ1n) is 9.69. The average Bonchev–Trinajstić information content (AvgIpc) is 3.29. The molecule has 10 heteroatoms. The second-order valence-electron chi connectivity index (χ2n) is 6.93. The fourth-order valence-electron chi connectivity index (χ4n) is 3.42. The van der Waals surface area contributed by atoms with Gasteiger partial charge in [0.05, 0.1) is 30.2 Å². The minimum absolute atomic E-state index is 0.354. The Labute approximate surface area is 182 Å². The molecule has 5 rings (SSSR count). The van der Waals surface area contributed by atoms with Crippen LogP contribution in [0.1, 0.15) is 0 Å². The van der Waals surface area contributed by atoms with E-state index in [1.165, 1.54) is 12.1 Å². The predicted molar refractivity (Wildman–Crippen MR) is 114 cm³/mol. The molecule has 3 heterocycles. The van der Waals surface area contributed by atoms with Crippen LogP contribution in [-0.2, 0) is 4.74 Å². The van der Waals surface area contributed by atoms with Gasteiger partial charge in [-0.25, -0.2) is 14.4 Å². The molecule has 1 saturated heterocycles. The summed E-state index contributed by atoms with van der Waals surface area (Å²) >= 11 is 6.01.